The Morgan fingerprint density at radius 2 is 2.00 bits per heavy atom. The zero-order chi connectivity index (χ0) is 14.8. The van der Waals surface area contributed by atoms with Crippen LogP contribution in [0.25, 0.3) is 0 Å². The van der Waals surface area contributed by atoms with Gasteiger partial charge in [-0.25, -0.2) is 0 Å². The van der Waals surface area contributed by atoms with Gasteiger partial charge in [0.15, 0.2) is 0 Å². The van der Waals surface area contributed by atoms with Crippen LogP contribution in [0.1, 0.15) is 33.6 Å². The molecule has 1 rings (SSSR count). The minimum atomic E-state index is 0.0491. The highest BCUT2D eigenvalue weighted by molar-refractivity contribution is 5.77. The van der Waals surface area contributed by atoms with Crippen LogP contribution >= 0.6 is 0 Å². The van der Waals surface area contributed by atoms with Crippen molar-refractivity contribution in [2.24, 2.45) is 5.92 Å². The van der Waals surface area contributed by atoms with E-state index in [0.717, 1.165) is 32.8 Å². The number of piperidine rings is 1. The Labute approximate surface area is 123 Å². The van der Waals surface area contributed by atoms with Gasteiger partial charge in [-0.1, -0.05) is 20.8 Å². The normalized spacial score (nSPS) is 17.6. The van der Waals surface area contributed by atoms with Crippen molar-refractivity contribution >= 4 is 5.91 Å². The van der Waals surface area contributed by atoms with Crippen molar-refractivity contribution in [3.05, 3.63) is 0 Å². The molecule has 1 aliphatic rings. The molecule has 0 radical (unpaired) electrons. The number of hydrogen-bond acceptors (Lipinski definition) is 4. The molecule has 0 unspecified atom stereocenters. The van der Waals surface area contributed by atoms with Crippen LogP contribution in [0.15, 0.2) is 0 Å². The van der Waals surface area contributed by atoms with Crippen molar-refractivity contribution in [3.8, 4) is 0 Å². The minimum Gasteiger partial charge on any atom is -0.378 e. The summed E-state index contributed by atoms with van der Waals surface area (Å²) in [5.74, 6) is 0.145. The highest BCUT2D eigenvalue weighted by Gasteiger charge is 2.17. The SMILES string of the molecule is CCNC1CCN(CCOCCNC(=O)C(C)C)CC1. The molecule has 20 heavy (non-hydrogen) atoms. The number of ether oxygens (including phenoxy) is 1. The van der Waals surface area contributed by atoms with Gasteiger partial charge in [-0.05, 0) is 32.5 Å². The Bertz CT molecular complexity index is 264. The van der Waals surface area contributed by atoms with Crippen molar-refractivity contribution in [2.45, 2.75) is 39.7 Å². The van der Waals surface area contributed by atoms with Crippen LogP contribution in [0.2, 0.25) is 0 Å². The molecule has 1 fully saturated rings. The lowest BCUT2D eigenvalue weighted by Gasteiger charge is -2.32. The van der Waals surface area contributed by atoms with Gasteiger partial charge in [0.05, 0.1) is 13.2 Å². The van der Waals surface area contributed by atoms with Crippen LogP contribution < -0.4 is 10.6 Å². The molecule has 118 valence electrons. The van der Waals surface area contributed by atoms with Crippen molar-refractivity contribution in [1.82, 2.24) is 15.5 Å². The van der Waals surface area contributed by atoms with E-state index < -0.39 is 0 Å². The molecule has 1 aliphatic heterocycles. The van der Waals surface area contributed by atoms with Crippen LogP contribution in [-0.4, -0.2) is 62.8 Å². The number of carbonyl (C=O) groups excluding carboxylic acids is 1. The third-order valence-corrected chi connectivity index (χ3v) is 3.70. The molecule has 0 aromatic carbocycles. The molecular formula is C15H31N3O2. The van der Waals surface area contributed by atoms with Crippen LogP contribution in [0.4, 0.5) is 0 Å². The minimum absolute atomic E-state index is 0.0491. The van der Waals surface area contributed by atoms with Gasteiger partial charge >= 0.3 is 0 Å². The smallest absolute Gasteiger partial charge is 0.222 e. The Morgan fingerprint density at radius 1 is 1.30 bits per heavy atom. The van der Waals surface area contributed by atoms with Gasteiger partial charge < -0.3 is 20.3 Å². The van der Waals surface area contributed by atoms with E-state index in [1.165, 1.54) is 12.8 Å². The summed E-state index contributed by atoms with van der Waals surface area (Å²) in [6.45, 7) is 12.3. The Hall–Kier alpha value is -0.650. The number of nitrogens with zero attached hydrogens (tertiary/aromatic N) is 1. The molecule has 0 aliphatic carbocycles. The maximum absolute atomic E-state index is 11.3. The summed E-state index contributed by atoms with van der Waals surface area (Å²) in [7, 11) is 0. The maximum Gasteiger partial charge on any atom is 0.222 e. The van der Waals surface area contributed by atoms with E-state index >= 15 is 0 Å². The molecule has 0 bridgehead atoms. The average Bonchev–Trinajstić information content (AvgIpc) is 2.44. The lowest BCUT2D eigenvalue weighted by atomic mass is 10.1. The van der Waals surface area contributed by atoms with Crippen LogP contribution in [0.5, 0.6) is 0 Å². The number of likely N-dealkylation sites (tertiary alicyclic amines) is 1. The van der Waals surface area contributed by atoms with E-state index in [-0.39, 0.29) is 11.8 Å². The molecule has 1 saturated heterocycles. The third-order valence-electron chi connectivity index (χ3n) is 3.70. The molecule has 0 saturated carbocycles. The molecule has 0 spiro atoms. The quantitative estimate of drug-likeness (QED) is 0.617. The third kappa shape index (κ3) is 7.22. The topological polar surface area (TPSA) is 53.6 Å². The van der Waals surface area contributed by atoms with Crippen molar-refractivity contribution in [1.29, 1.82) is 0 Å². The maximum atomic E-state index is 11.3. The highest BCUT2D eigenvalue weighted by atomic mass is 16.5. The summed E-state index contributed by atoms with van der Waals surface area (Å²) < 4.78 is 5.57. The first kappa shape index (κ1) is 17.4. The van der Waals surface area contributed by atoms with Crippen LogP contribution in [0, 0.1) is 5.92 Å². The number of nitrogens with one attached hydrogen (secondary N) is 2. The van der Waals surface area contributed by atoms with E-state index in [4.69, 9.17) is 4.74 Å². The molecule has 5 heteroatoms. The van der Waals surface area contributed by atoms with Crippen molar-refractivity contribution in [2.75, 3.05) is 45.9 Å². The average molecular weight is 285 g/mol. The first-order valence-electron chi connectivity index (χ1n) is 7.94. The number of amides is 1. The molecule has 0 aromatic heterocycles. The standard InChI is InChI=1S/C15H31N3O2/c1-4-16-14-5-8-18(9-6-14)10-12-20-11-7-17-15(19)13(2)3/h13-14,16H,4-12H2,1-3H3,(H,17,19). The summed E-state index contributed by atoms with van der Waals surface area (Å²) in [4.78, 5) is 13.8. The largest absolute Gasteiger partial charge is 0.378 e. The van der Waals surface area contributed by atoms with Crippen molar-refractivity contribution in [3.63, 3.8) is 0 Å². The Balaban J connectivity index is 1.93. The highest BCUT2D eigenvalue weighted by Crippen LogP contribution is 2.09. The fraction of sp³-hybridized carbons (Fsp3) is 0.933. The van der Waals surface area contributed by atoms with Gasteiger partial charge in [-0.3, -0.25) is 4.79 Å². The van der Waals surface area contributed by atoms with E-state index in [0.29, 0.717) is 19.2 Å². The van der Waals surface area contributed by atoms with Crippen LogP contribution in [-0.2, 0) is 9.53 Å². The number of rotatable bonds is 9. The summed E-state index contributed by atoms with van der Waals surface area (Å²) in [6, 6.07) is 0.698. The van der Waals surface area contributed by atoms with Gasteiger partial charge in [-0.15, -0.1) is 0 Å². The van der Waals surface area contributed by atoms with Gasteiger partial charge in [0, 0.05) is 25.0 Å². The van der Waals surface area contributed by atoms with E-state index in [1.54, 1.807) is 0 Å². The molecular weight excluding hydrogens is 254 g/mol. The second-order valence-corrected chi connectivity index (χ2v) is 5.73. The zero-order valence-electron chi connectivity index (χ0n) is 13.3. The number of hydrogen-bond donors (Lipinski definition) is 2. The van der Waals surface area contributed by atoms with Gasteiger partial charge in [0.25, 0.3) is 0 Å². The van der Waals surface area contributed by atoms with E-state index in [2.05, 4.69) is 22.5 Å². The Kier molecular flexibility index (Phi) is 8.82. The van der Waals surface area contributed by atoms with Gasteiger partial charge in [-0.2, -0.15) is 0 Å². The van der Waals surface area contributed by atoms with Crippen LogP contribution in [0.3, 0.4) is 0 Å². The predicted molar refractivity (Wildman–Crippen MR) is 81.8 cm³/mol. The lowest BCUT2D eigenvalue weighted by Crippen LogP contribution is -2.43. The first-order valence-corrected chi connectivity index (χ1v) is 7.94. The molecule has 5 nitrogen and oxygen atoms in total. The predicted octanol–water partition coefficient (Wildman–Crippen LogP) is 0.849. The molecule has 1 amide bonds. The first-order chi connectivity index (χ1) is 9.63. The summed E-state index contributed by atoms with van der Waals surface area (Å²) in [5, 5.41) is 6.37. The molecule has 1 heterocycles. The zero-order valence-corrected chi connectivity index (χ0v) is 13.3. The van der Waals surface area contributed by atoms with E-state index in [9.17, 15) is 4.79 Å². The van der Waals surface area contributed by atoms with Crippen molar-refractivity contribution < 1.29 is 9.53 Å². The lowest BCUT2D eigenvalue weighted by molar-refractivity contribution is -0.124. The van der Waals surface area contributed by atoms with Gasteiger partial charge in [0.1, 0.15) is 0 Å². The molecule has 0 atom stereocenters. The summed E-state index contributed by atoms with van der Waals surface area (Å²) in [6.07, 6.45) is 2.47. The fourth-order valence-electron chi connectivity index (χ4n) is 2.40. The monoisotopic (exact) mass is 285 g/mol. The second kappa shape index (κ2) is 10.1. The number of carbonyl (C=O) groups is 1. The molecule has 2 N–H and O–H groups in total. The second-order valence-electron chi connectivity index (χ2n) is 5.73. The molecule has 0 aromatic rings. The fourth-order valence-corrected chi connectivity index (χ4v) is 2.40. The van der Waals surface area contributed by atoms with Gasteiger partial charge in [0.2, 0.25) is 5.91 Å². The van der Waals surface area contributed by atoms with E-state index in [1.807, 2.05) is 13.8 Å². The summed E-state index contributed by atoms with van der Waals surface area (Å²) >= 11 is 0. The Morgan fingerprint density at radius 3 is 2.60 bits per heavy atom. The summed E-state index contributed by atoms with van der Waals surface area (Å²) in [5.41, 5.74) is 0.